The first-order valence-corrected chi connectivity index (χ1v) is 7.45. The Morgan fingerprint density at radius 3 is 2.47 bits per heavy atom. The Labute approximate surface area is 113 Å². The summed E-state index contributed by atoms with van der Waals surface area (Å²) in [5, 5.41) is 2.92. The van der Waals surface area contributed by atoms with Crippen LogP contribution in [0.25, 0.3) is 0 Å². The Balaban J connectivity index is 1.85. The third-order valence-corrected chi connectivity index (χ3v) is 4.59. The highest BCUT2D eigenvalue weighted by molar-refractivity contribution is 4.81. The fourth-order valence-corrected chi connectivity index (χ4v) is 3.24. The Kier molecular flexibility index (Phi) is 5.12. The van der Waals surface area contributed by atoms with E-state index in [1.807, 2.05) is 4.90 Å². The van der Waals surface area contributed by atoms with Gasteiger partial charge in [0.05, 0.1) is 5.92 Å². The second-order valence-electron chi connectivity index (χ2n) is 6.33. The summed E-state index contributed by atoms with van der Waals surface area (Å²) in [4.78, 5) is 2.03. The van der Waals surface area contributed by atoms with Gasteiger partial charge in [0.25, 0.3) is 0 Å². The normalized spacial score (nSPS) is 35.1. The number of rotatable bonds is 2. The number of nitrogens with one attached hydrogen (secondary N) is 1. The molecule has 2 fully saturated rings. The molecule has 1 atom stereocenters. The molecule has 2 rings (SSSR count). The summed E-state index contributed by atoms with van der Waals surface area (Å²) in [5.41, 5.74) is 0. The number of nitrogens with zero attached hydrogens (tertiary/aromatic N) is 1. The van der Waals surface area contributed by atoms with Gasteiger partial charge in [-0.1, -0.05) is 19.8 Å². The van der Waals surface area contributed by atoms with Gasteiger partial charge in [0.15, 0.2) is 0 Å². The molecule has 5 heteroatoms. The lowest BCUT2D eigenvalue weighted by Gasteiger charge is -2.32. The largest absolute Gasteiger partial charge is 0.394 e. The van der Waals surface area contributed by atoms with Crippen molar-refractivity contribution < 1.29 is 13.2 Å². The van der Waals surface area contributed by atoms with Crippen LogP contribution in [0, 0.1) is 17.8 Å². The molecule has 0 bridgehead atoms. The van der Waals surface area contributed by atoms with Crippen LogP contribution >= 0.6 is 0 Å². The van der Waals surface area contributed by atoms with Crippen LogP contribution in [0.4, 0.5) is 13.2 Å². The van der Waals surface area contributed by atoms with Gasteiger partial charge in [-0.3, -0.25) is 0 Å². The zero-order chi connectivity index (χ0) is 13.9. The average molecular weight is 278 g/mol. The first-order chi connectivity index (χ1) is 8.95. The van der Waals surface area contributed by atoms with E-state index in [1.165, 1.54) is 25.7 Å². The highest BCUT2D eigenvalue weighted by Crippen LogP contribution is 2.31. The van der Waals surface area contributed by atoms with Crippen molar-refractivity contribution in [2.75, 3.05) is 32.7 Å². The smallest absolute Gasteiger partial charge is 0.315 e. The Hall–Kier alpha value is -0.290. The second-order valence-corrected chi connectivity index (χ2v) is 6.33. The van der Waals surface area contributed by atoms with Gasteiger partial charge < -0.3 is 10.2 Å². The molecule has 19 heavy (non-hydrogen) atoms. The lowest BCUT2D eigenvalue weighted by molar-refractivity contribution is -0.176. The van der Waals surface area contributed by atoms with Gasteiger partial charge in [-0.15, -0.1) is 0 Å². The summed E-state index contributed by atoms with van der Waals surface area (Å²) in [6.45, 7) is 4.78. The highest BCUT2D eigenvalue weighted by Gasteiger charge is 2.41. The maximum atomic E-state index is 12.9. The molecule has 1 heterocycles. The lowest BCUT2D eigenvalue weighted by atomic mass is 9.83. The van der Waals surface area contributed by atoms with Gasteiger partial charge in [-0.25, -0.2) is 0 Å². The Morgan fingerprint density at radius 2 is 1.84 bits per heavy atom. The number of hydrogen-bond donors (Lipinski definition) is 1. The molecule has 1 unspecified atom stereocenters. The fraction of sp³-hybridized carbons (Fsp3) is 1.00. The van der Waals surface area contributed by atoms with Gasteiger partial charge in [0.1, 0.15) is 0 Å². The molecule has 0 aromatic heterocycles. The van der Waals surface area contributed by atoms with E-state index in [2.05, 4.69) is 12.2 Å². The van der Waals surface area contributed by atoms with Crippen molar-refractivity contribution in [1.29, 1.82) is 0 Å². The maximum Gasteiger partial charge on any atom is 0.394 e. The predicted octanol–water partition coefficient (Wildman–Crippen LogP) is 2.90. The van der Waals surface area contributed by atoms with Gasteiger partial charge in [0.2, 0.25) is 0 Å². The van der Waals surface area contributed by atoms with Crippen molar-refractivity contribution in [3.05, 3.63) is 0 Å². The molecular weight excluding hydrogens is 253 g/mol. The topological polar surface area (TPSA) is 15.3 Å². The minimum Gasteiger partial charge on any atom is -0.315 e. The Bertz CT molecular complexity index is 272. The SMILES string of the molecule is CC1CCC(CN2CCNCC(C(F)(F)F)C2)CC1. The van der Waals surface area contributed by atoms with Gasteiger partial charge in [0, 0.05) is 32.7 Å². The van der Waals surface area contributed by atoms with Crippen LogP contribution in [0.15, 0.2) is 0 Å². The van der Waals surface area contributed by atoms with Crippen LogP contribution in [-0.4, -0.2) is 43.8 Å². The summed E-state index contributed by atoms with van der Waals surface area (Å²) in [7, 11) is 0. The molecule has 0 amide bonds. The van der Waals surface area contributed by atoms with Crippen molar-refractivity contribution in [2.45, 2.75) is 38.8 Å². The first-order valence-electron chi connectivity index (χ1n) is 7.45. The summed E-state index contributed by atoms with van der Waals surface area (Å²) in [5.74, 6) is 0.186. The highest BCUT2D eigenvalue weighted by atomic mass is 19.4. The predicted molar refractivity (Wildman–Crippen MR) is 70.0 cm³/mol. The van der Waals surface area contributed by atoms with E-state index in [0.29, 0.717) is 12.5 Å². The molecule has 2 nitrogen and oxygen atoms in total. The minimum absolute atomic E-state index is 0.0711. The van der Waals surface area contributed by atoms with Crippen molar-refractivity contribution >= 4 is 0 Å². The van der Waals surface area contributed by atoms with Crippen molar-refractivity contribution in [3.8, 4) is 0 Å². The first kappa shape index (κ1) is 15.1. The molecule has 1 saturated heterocycles. The Morgan fingerprint density at radius 1 is 1.16 bits per heavy atom. The third-order valence-electron chi connectivity index (χ3n) is 4.59. The molecule has 1 aliphatic carbocycles. The van der Waals surface area contributed by atoms with Crippen LogP contribution < -0.4 is 5.32 Å². The molecular formula is C14H25F3N2. The molecule has 0 aromatic carbocycles. The van der Waals surface area contributed by atoms with Crippen LogP contribution in [0.2, 0.25) is 0 Å². The van der Waals surface area contributed by atoms with E-state index in [0.717, 1.165) is 19.0 Å². The van der Waals surface area contributed by atoms with Crippen LogP contribution in [0.5, 0.6) is 0 Å². The minimum atomic E-state index is -4.07. The van der Waals surface area contributed by atoms with Crippen LogP contribution in [0.3, 0.4) is 0 Å². The number of halogens is 3. The van der Waals surface area contributed by atoms with Gasteiger partial charge in [-0.2, -0.15) is 13.2 Å². The van der Waals surface area contributed by atoms with Crippen LogP contribution in [-0.2, 0) is 0 Å². The van der Waals surface area contributed by atoms with Crippen LogP contribution in [0.1, 0.15) is 32.6 Å². The van der Waals surface area contributed by atoms with E-state index >= 15 is 0 Å². The zero-order valence-electron chi connectivity index (χ0n) is 11.7. The van der Waals surface area contributed by atoms with E-state index in [4.69, 9.17) is 0 Å². The van der Waals surface area contributed by atoms with E-state index in [1.54, 1.807) is 0 Å². The van der Waals surface area contributed by atoms with Crippen molar-refractivity contribution in [1.82, 2.24) is 10.2 Å². The average Bonchev–Trinajstić information content (AvgIpc) is 2.57. The third kappa shape index (κ3) is 4.63. The summed E-state index contributed by atoms with van der Waals surface area (Å²) in [6, 6.07) is 0. The summed E-state index contributed by atoms with van der Waals surface area (Å²) in [6.07, 6.45) is 0.763. The maximum absolute atomic E-state index is 12.9. The molecule has 2 aliphatic rings. The lowest BCUT2D eigenvalue weighted by Crippen LogP contribution is -2.40. The second kappa shape index (κ2) is 6.44. The van der Waals surface area contributed by atoms with Gasteiger partial charge in [-0.05, 0) is 24.7 Å². The molecule has 112 valence electrons. The quantitative estimate of drug-likeness (QED) is 0.835. The molecule has 0 radical (unpaired) electrons. The van der Waals surface area contributed by atoms with Crippen molar-refractivity contribution in [2.24, 2.45) is 17.8 Å². The molecule has 0 spiro atoms. The van der Waals surface area contributed by atoms with E-state index < -0.39 is 12.1 Å². The standard InChI is InChI=1S/C14H25F3N2/c1-11-2-4-12(5-3-11)9-19-7-6-18-8-13(10-19)14(15,16)17/h11-13,18H,2-10H2,1H3. The van der Waals surface area contributed by atoms with Crippen molar-refractivity contribution in [3.63, 3.8) is 0 Å². The van der Waals surface area contributed by atoms with Gasteiger partial charge >= 0.3 is 6.18 Å². The zero-order valence-corrected chi connectivity index (χ0v) is 11.7. The fourth-order valence-electron chi connectivity index (χ4n) is 3.24. The van der Waals surface area contributed by atoms with E-state index in [-0.39, 0.29) is 13.1 Å². The monoisotopic (exact) mass is 278 g/mol. The molecule has 1 aliphatic heterocycles. The summed E-state index contributed by atoms with van der Waals surface area (Å²) < 4.78 is 38.6. The molecule has 1 N–H and O–H groups in total. The number of hydrogen-bond acceptors (Lipinski definition) is 2. The van der Waals surface area contributed by atoms with E-state index in [9.17, 15) is 13.2 Å². The number of alkyl halides is 3. The molecule has 1 saturated carbocycles. The summed E-state index contributed by atoms with van der Waals surface area (Å²) >= 11 is 0. The molecule has 0 aromatic rings.